The highest BCUT2D eigenvalue weighted by atomic mass is 16.5. The van der Waals surface area contributed by atoms with Gasteiger partial charge < -0.3 is 34.7 Å². The van der Waals surface area contributed by atoms with E-state index in [0.717, 1.165) is 11.3 Å². The van der Waals surface area contributed by atoms with E-state index in [4.69, 9.17) is 18.9 Å². The predicted molar refractivity (Wildman–Crippen MR) is 163 cm³/mol. The van der Waals surface area contributed by atoms with Crippen molar-refractivity contribution in [3.8, 4) is 28.7 Å². The van der Waals surface area contributed by atoms with E-state index < -0.39 is 5.92 Å². The van der Waals surface area contributed by atoms with Crippen LogP contribution in [0.1, 0.15) is 49.7 Å². The average molecular weight is 585 g/mol. The van der Waals surface area contributed by atoms with E-state index >= 15 is 0 Å². The monoisotopic (exact) mass is 584 g/mol. The first-order valence-electron chi connectivity index (χ1n) is 14.1. The third-order valence-corrected chi connectivity index (χ3v) is 7.92. The quantitative estimate of drug-likeness (QED) is 0.288. The van der Waals surface area contributed by atoms with Gasteiger partial charge in [0.1, 0.15) is 5.75 Å². The minimum absolute atomic E-state index is 0.0119. The summed E-state index contributed by atoms with van der Waals surface area (Å²) in [5.41, 5.74) is 4.59. The highest BCUT2D eigenvalue weighted by Crippen LogP contribution is 2.47. The summed E-state index contributed by atoms with van der Waals surface area (Å²) < 4.78 is 21.8. The number of aromatic hydroxyl groups is 1. The second-order valence-corrected chi connectivity index (χ2v) is 10.5. The van der Waals surface area contributed by atoms with Crippen molar-refractivity contribution in [3.63, 3.8) is 0 Å². The smallest absolute Gasteiger partial charge is 0.254 e. The van der Waals surface area contributed by atoms with Crippen molar-refractivity contribution in [1.82, 2.24) is 5.32 Å². The Kier molecular flexibility index (Phi) is 8.61. The highest BCUT2D eigenvalue weighted by molar-refractivity contribution is 6.10. The maximum absolute atomic E-state index is 14.1. The van der Waals surface area contributed by atoms with E-state index in [9.17, 15) is 14.7 Å². The topological polar surface area (TPSA) is 115 Å². The SMILES string of the molecule is CCOc1cc(C2C(C(=O)Nc3ccc(OC)cc3)=C(C)NC3=C2C(=O)CC(c2ccc(OC)c(OC)c2)C3)ccc1O. The van der Waals surface area contributed by atoms with Gasteiger partial charge in [-0.3, -0.25) is 9.59 Å². The lowest BCUT2D eigenvalue weighted by Gasteiger charge is -2.37. The van der Waals surface area contributed by atoms with Crippen LogP contribution in [0.3, 0.4) is 0 Å². The zero-order valence-electron chi connectivity index (χ0n) is 24.9. The molecule has 0 bridgehead atoms. The number of Topliss-reactive ketones (excluding diaryl/α,β-unsaturated/α-hetero) is 1. The average Bonchev–Trinajstić information content (AvgIpc) is 3.01. The van der Waals surface area contributed by atoms with Gasteiger partial charge in [0.2, 0.25) is 0 Å². The minimum Gasteiger partial charge on any atom is -0.504 e. The maximum Gasteiger partial charge on any atom is 0.254 e. The molecule has 9 nitrogen and oxygen atoms in total. The van der Waals surface area contributed by atoms with E-state index in [0.29, 0.717) is 64.1 Å². The largest absolute Gasteiger partial charge is 0.504 e. The van der Waals surface area contributed by atoms with Gasteiger partial charge >= 0.3 is 0 Å². The fourth-order valence-corrected chi connectivity index (χ4v) is 5.87. The molecule has 0 fully saturated rings. The van der Waals surface area contributed by atoms with Crippen LogP contribution in [0, 0.1) is 0 Å². The fourth-order valence-electron chi connectivity index (χ4n) is 5.87. The lowest BCUT2D eigenvalue weighted by Crippen LogP contribution is -2.37. The molecule has 5 rings (SSSR count). The second kappa shape index (κ2) is 12.5. The third kappa shape index (κ3) is 5.88. The number of phenols is 1. The summed E-state index contributed by atoms with van der Waals surface area (Å²) in [4.78, 5) is 28.0. The van der Waals surface area contributed by atoms with Gasteiger partial charge in [0.05, 0.1) is 27.9 Å². The number of carbonyl (C=O) groups is 2. The summed E-state index contributed by atoms with van der Waals surface area (Å²) in [6.45, 7) is 4.02. The molecule has 0 saturated carbocycles. The molecule has 9 heteroatoms. The molecule has 1 aliphatic carbocycles. The summed E-state index contributed by atoms with van der Waals surface area (Å²) >= 11 is 0. The van der Waals surface area contributed by atoms with Gasteiger partial charge in [0.25, 0.3) is 5.91 Å². The first-order valence-corrected chi connectivity index (χ1v) is 14.1. The normalized spacial score (nSPS) is 18.0. The van der Waals surface area contributed by atoms with Gasteiger partial charge in [0.15, 0.2) is 28.8 Å². The Labute approximate surface area is 251 Å². The van der Waals surface area contributed by atoms with Crippen LogP contribution in [0.5, 0.6) is 28.7 Å². The molecule has 0 saturated heterocycles. The van der Waals surface area contributed by atoms with Gasteiger partial charge in [0, 0.05) is 40.6 Å². The second-order valence-electron chi connectivity index (χ2n) is 10.5. The number of hydrogen-bond acceptors (Lipinski definition) is 8. The number of benzene rings is 3. The van der Waals surface area contributed by atoms with Crippen LogP contribution in [0.4, 0.5) is 5.69 Å². The molecule has 0 spiro atoms. The minimum atomic E-state index is -0.673. The number of carbonyl (C=O) groups excluding carboxylic acids is 2. The Morgan fingerprint density at radius 1 is 0.907 bits per heavy atom. The van der Waals surface area contributed by atoms with Crippen LogP contribution >= 0.6 is 0 Å². The molecule has 3 aromatic carbocycles. The molecule has 0 radical (unpaired) electrons. The van der Waals surface area contributed by atoms with E-state index in [1.165, 1.54) is 6.07 Å². The molecule has 1 amide bonds. The lowest BCUT2D eigenvalue weighted by atomic mass is 9.71. The Morgan fingerprint density at radius 3 is 2.28 bits per heavy atom. The van der Waals surface area contributed by atoms with E-state index in [1.54, 1.807) is 57.7 Å². The van der Waals surface area contributed by atoms with Gasteiger partial charge in [-0.2, -0.15) is 0 Å². The number of ketones is 1. The van der Waals surface area contributed by atoms with Crippen LogP contribution in [0.15, 0.2) is 83.2 Å². The van der Waals surface area contributed by atoms with Crippen LogP contribution in [-0.2, 0) is 9.59 Å². The number of allylic oxidation sites excluding steroid dienone is 3. The van der Waals surface area contributed by atoms with Crippen molar-refractivity contribution in [2.75, 3.05) is 33.3 Å². The number of ether oxygens (including phenoxy) is 4. The molecule has 3 aromatic rings. The maximum atomic E-state index is 14.1. The molecule has 1 aliphatic heterocycles. The van der Waals surface area contributed by atoms with Crippen molar-refractivity contribution in [1.29, 1.82) is 0 Å². The Morgan fingerprint density at radius 2 is 1.60 bits per heavy atom. The molecule has 224 valence electrons. The summed E-state index contributed by atoms with van der Waals surface area (Å²) in [5.74, 6) is 0.996. The molecule has 1 heterocycles. The van der Waals surface area contributed by atoms with Crippen LogP contribution < -0.4 is 29.6 Å². The summed E-state index contributed by atoms with van der Waals surface area (Å²) in [5, 5.41) is 16.8. The zero-order chi connectivity index (χ0) is 30.7. The Bertz CT molecular complexity index is 1610. The van der Waals surface area contributed by atoms with Crippen molar-refractivity contribution >= 4 is 17.4 Å². The molecular weight excluding hydrogens is 548 g/mol. The number of phenolic OH excluding ortho intramolecular Hbond substituents is 1. The number of anilines is 1. The molecule has 2 aliphatic rings. The van der Waals surface area contributed by atoms with E-state index in [-0.39, 0.29) is 29.8 Å². The standard InChI is InChI=1S/C34H36N2O7/c1-6-43-29-18-21(7-13-26(29)37)32-31(34(39)36-23-9-11-24(40-3)12-10-23)19(2)35-25-15-22(16-27(38)33(25)32)20-8-14-28(41-4)30(17-20)42-5/h7-14,17-18,22,32,35,37H,6,15-16H2,1-5H3,(H,36,39). The first kappa shape index (κ1) is 29.6. The van der Waals surface area contributed by atoms with Crippen LogP contribution in [0.2, 0.25) is 0 Å². The molecular formula is C34H36N2O7. The van der Waals surface area contributed by atoms with Gasteiger partial charge in [-0.05, 0) is 85.8 Å². The third-order valence-electron chi connectivity index (χ3n) is 7.92. The Balaban J connectivity index is 1.56. The number of methoxy groups -OCH3 is 3. The van der Waals surface area contributed by atoms with Crippen LogP contribution in [0.25, 0.3) is 0 Å². The van der Waals surface area contributed by atoms with Crippen molar-refractivity contribution < 1.29 is 33.6 Å². The van der Waals surface area contributed by atoms with Gasteiger partial charge in [-0.25, -0.2) is 0 Å². The number of nitrogens with one attached hydrogen (secondary N) is 2. The van der Waals surface area contributed by atoms with E-state index in [2.05, 4.69) is 10.6 Å². The van der Waals surface area contributed by atoms with Gasteiger partial charge in [-0.15, -0.1) is 0 Å². The predicted octanol–water partition coefficient (Wildman–Crippen LogP) is 5.82. The molecule has 43 heavy (non-hydrogen) atoms. The number of hydrogen-bond donors (Lipinski definition) is 3. The number of amides is 1. The van der Waals surface area contributed by atoms with Crippen molar-refractivity contribution in [2.24, 2.45) is 0 Å². The molecule has 3 N–H and O–H groups in total. The summed E-state index contributed by atoms with van der Waals surface area (Å²) in [7, 11) is 4.75. The molecule has 2 atom stereocenters. The summed E-state index contributed by atoms with van der Waals surface area (Å²) in [6.07, 6.45) is 0.823. The zero-order valence-corrected chi connectivity index (χ0v) is 24.9. The number of dihydropyridines is 1. The van der Waals surface area contributed by atoms with Crippen LogP contribution in [-0.4, -0.2) is 44.7 Å². The van der Waals surface area contributed by atoms with Crippen molar-refractivity contribution in [3.05, 3.63) is 94.3 Å². The molecule has 2 unspecified atom stereocenters. The summed E-state index contributed by atoms with van der Waals surface area (Å²) in [6, 6.07) is 17.7. The lowest BCUT2D eigenvalue weighted by molar-refractivity contribution is -0.116. The Hall–Kier alpha value is -4.92. The molecule has 0 aromatic heterocycles. The highest BCUT2D eigenvalue weighted by Gasteiger charge is 2.41. The van der Waals surface area contributed by atoms with E-state index in [1.807, 2.05) is 32.0 Å². The van der Waals surface area contributed by atoms with Gasteiger partial charge in [-0.1, -0.05) is 12.1 Å². The first-order chi connectivity index (χ1) is 20.8. The fraction of sp³-hybridized carbons (Fsp3) is 0.294. The number of rotatable bonds is 9. The van der Waals surface area contributed by atoms with Crippen molar-refractivity contribution in [2.45, 2.75) is 38.5 Å².